The average molecular weight is 145 g/mol. The molecule has 0 saturated heterocycles. The van der Waals surface area contributed by atoms with Crippen molar-refractivity contribution in [1.82, 2.24) is 0 Å². The normalized spacial score (nSPS) is 17.4. The van der Waals surface area contributed by atoms with Gasteiger partial charge in [0.15, 0.2) is 6.29 Å². The van der Waals surface area contributed by atoms with Gasteiger partial charge in [-0.2, -0.15) is 0 Å². The number of hydrogen-bond donors (Lipinski definition) is 0. The van der Waals surface area contributed by atoms with E-state index in [1.165, 1.54) is 6.26 Å². The third-order valence-corrected chi connectivity index (χ3v) is 1.37. The zero-order chi connectivity index (χ0) is 6.69. The Balaban J connectivity index is 2.84. The van der Waals surface area contributed by atoms with E-state index >= 15 is 0 Å². The van der Waals surface area contributed by atoms with Gasteiger partial charge in [0.25, 0.3) is 0 Å². The van der Waals surface area contributed by atoms with Crippen LogP contribution in [0.15, 0.2) is 22.9 Å². The molecule has 0 aliphatic carbocycles. The van der Waals surface area contributed by atoms with Crippen LogP contribution < -0.4 is 0 Å². The van der Waals surface area contributed by atoms with Crippen molar-refractivity contribution in [2.45, 2.75) is 0 Å². The van der Waals surface area contributed by atoms with Gasteiger partial charge in [-0.1, -0.05) is 11.6 Å². The van der Waals surface area contributed by atoms with E-state index in [-0.39, 0.29) is 0 Å². The molecule has 0 spiro atoms. The number of carbonyl (C=O) groups excluding carboxylic acids is 1. The summed E-state index contributed by atoms with van der Waals surface area (Å²) in [7, 11) is 0. The average Bonchev–Trinajstić information content (AvgIpc) is 1.89. The fraction of sp³-hybridized carbons (Fsp3) is 0.167. The van der Waals surface area contributed by atoms with Gasteiger partial charge in [0.05, 0.1) is 11.3 Å². The minimum absolute atomic E-state index is 0.291. The molecule has 0 atom stereocenters. The zero-order valence-corrected chi connectivity index (χ0v) is 5.39. The van der Waals surface area contributed by atoms with Crippen LogP contribution in [-0.2, 0) is 9.53 Å². The summed E-state index contributed by atoms with van der Waals surface area (Å²) in [5.74, 6) is 0. The van der Waals surface area contributed by atoms with Crippen LogP contribution in [0.5, 0.6) is 0 Å². The van der Waals surface area contributed by atoms with Gasteiger partial charge in [0.1, 0.15) is 6.61 Å². The molecular weight excluding hydrogens is 140 g/mol. The largest absolute Gasteiger partial charge is 0.496 e. The minimum Gasteiger partial charge on any atom is -0.496 e. The Morgan fingerprint density at radius 2 is 2.56 bits per heavy atom. The van der Waals surface area contributed by atoms with Gasteiger partial charge < -0.3 is 4.74 Å². The molecule has 0 aromatic heterocycles. The van der Waals surface area contributed by atoms with Crippen LogP contribution in [0.4, 0.5) is 0 Å². The zero-order valence-electron chi connectivity index (χ0n) is 4.63. The van der Waals surface area contributed by atoms with Gasteiger partial charge in [-0.05, 0) is 6.08 Å². The SMILES string of the molecule is O=CC1=C(Cl)C=COC1. The quantitative estimate of drug-likeness (QED) is 0.518. The van der Waals surface area contributed by atoms with E-state index < -0.39 is 0 Å². The molecular formula is C6H5ClO2. The van der Waals surface area contributed by atoms with Gasteiger partial charge in [0.2, 0.25) is 0 Å². The van der Waals surface area contributed by atoms with Crippen molar-refractivity contribution in [3.05, 3.63) is 22.9 Å². The second-order valence-corrected chi connectivity index (χ2v) is 2.01. The summed E-state index contributed by atoms with van der Waals surface area (Å²) in [6.45, 7) is 0.291. The molecule has 1 heterocycles. The summed E-state index contributed by atoms with van der Waals surface area (Å²) in [4.78, 5) is 10.1. The van der Waals surface area contributed by atoms with Crippen LogP contribution >= 0.6 is 11.6 Å². The summed E-state index contributed by atoms with van der Waals surface area (Å²) in [5.41, 5.74) is 0.499. The summed E-state index contributed by atoms with van der Waals surface area (Å²) in [6.07, 6.45) is 3.72. The molecule has 0 aromatic carbocycles. The van der Waals surface area contributed by atoms with Gasteiger partial charge in [0, 0.05) is 5.57 Å². The molecule has 2 nitrogen and oxygen atoms in total. The van der Waals surface area contributed by atoms with E-state index in [0.717, 1.165) is 0 Å². The lowest BCUT2D eigenvalue weighted by Crippen LogP contribution is -2.00. The van der Waals surface area contributed by atoms with Crippen LogP contribution in [0.25, 0.3) is 0 Å². The maximum absolute atomic E-state index is 10.1. The van der Waals surface area contributed by atoms with Crippen molar-refractivity contribution < 1.29 is 9.53 Å². The summed E-state index contributed by atoms with van der Waals surface area (Å²) < 4.78 is 4.79. The molecule has 3 heteroatoms. The summed E-state index contributed by atoms with van der Waals surface area (Å²) >= 11 is 5.56. The number of ether oxygens (including phenoxy) is 1. The molecule has 1 rings (SSSR count). The second-order valence-electron chi connectivity index (χ2n) is 1.60. The number of aldehydes is 1. The second kappa shape index (κ2) is 2.69. The van der Waals surface area contributed by atoms with Crippen LogP contribution in [-0.4, -0.2) is 12.9 Å². The molecule has 1 aliphatic heterocycles. The highest BCUT2D eigenvalue weighted by atomic mass is 35.5. The Morgan fingerprint density at radius 1 is 1.78 bits per heavy atom. The number of carbonyl (C=O) groups is 1. The molecule has 0 bridgehead atoms. The Kier molecular flexibility index (Phi) is 1.90. The summed E-state index contributed by atoms with van der Waals surface area (Å²) in [6, 6.07) is 0. The maximum Gasteiger partial charge on any atom is 0.150 e. The smallest absolute Gasteiger partial charge is 0.150 e. The Labute approximate surface area is 57.8 Å². The molecule has 0 fully saturated rings. The first-order chi connectivity index (χ1) is 4.34. The predicted molar refractivity (Wildman–Crippen MR) is 34.0 cm³/mol. The monoisotopic (exact) mass is 144 g/mol. The molecule has 0 saturated carbocycles. The number of allylic oxidation sites excluding steroid dienone is 2. The number of hydrogen-bond acceptors (Lipinski definition) is 2. The van der Waals surface area contributed by atoms with Crippen molar-refractivity contribution in [2.75, 3.05) is 6.61 Å². The lowest BCUT2D eigenvalue weighted by Gasteiger charge is -2.05. The van der Waals surface area contributed by atoms with Crippen molar-refractivity contribution in [3.8, 4) is 0 Å². The summed E-state index contributed by atoms with van der Waals surface area (Å²) in [5, 5.41) is 0.469. The standard InChI is InChI=1S/C6H5ClO2/c7-6-1-2-9-4-5(6)3-8/h1-3H,4H2. The van der Waals surface area contributed by atoms with E-state index in [1.807, 2.05) is 0 Å². The third kappa shape index (κ3) is 1.33. The van der Waals surface area contributed by atoms with E-state index in [2.05, 4.69) is 0 Å². The van der Waals surface area contributed by atoms with E-state index in [0.29, 0.717) is 23.5 Å². The molecule has 0 unspecified atom stereocenters. The first-order valence-electron chi connectivity index (χ1n) is 2.46. The van der Waals surface area contributed by atoms with Gasteiger partial charge in [-0.3, -0.25) is 4.79 Å². The molecule has 0 radical (unpaired) electrons. The molecule has 0 amide bonds. The lowest BCUT2D eigenvalue weighted by molar-refractivity contribution is -0.105. The molecule has 9 heavy (non-hydrogen) atoms. The number of rotatable bonds is 1. The van der Waals surface area contributed by atoms with Gasteiger partial charge >= 0.3 is 0 Å². The third-order valence-electron chi connectivity index (χ3n) is 0.998. The topological polar surface area (TPSA) is 26.3 Å². The number of halogens is 1. The van der Waals surface area contributed by atoms with Crippen LogP contribution in [0.1, 0.15) is 0 Å². The first-order valence-corrected chi connectivity index (χ1v) is 2.84. The van der Waals surface area contributed by atoms with Crippen molar-refractivity contribution in [2.24, 2.45) is 0 Å². The fourth-order valence-corrected chi connectivity index (χ4v) is 0.663. The highest BCUT2D eigenvalue weighted by Crippen LogP contribution is 2.13. The Bertz CT molecular complexity index is 181. The van der Waals surface area contributed by atoms with Crippen molar-refractivity contribution >= 4 is 17.9 Å². The maximum atomic E-state index is 10.1. The molecule has 0 aromatic rings. The highest BCUT2D eigenvalue weighted by molar-refractivity contribution is 6.32. The van der Waals surface area contributed by atoms with E-state index in [1.54, 1.807) is 6.08 Å². The van der Waals surface area contributed by atoms with Crippen LogP contribution in [0.2, 0.25) is 0 Å². The highest BCUT2D eigenvalue weighted by Gasteiger charge is 2.04. The van der Waals surface area contributed by atoms with Gasteiger partial charge in [-0.25, -0.2) is 0 Å². The van der Waals surface area contributed by atoms with Crippen LogP contribution in [0, 0.1) is 0 Å². The van der Waals surface area contributed by atoms with E-state index in [4.69, 9.17) is 16.3 Å². The van der Waals surface area contributed by atoms with E-state index in [9.17, 15) is 4.79 Å². The van der Waals surface area contributed by atoms with Crippen molar-refractivity contribution in [3.63, 3.8) is 0 Å². The Hall–Kier alpha value is -0.760. The van der Waals surface area contributed by atoms with Crippen LogP contribution in [0.3, 0.4) is 0 Å². The minimum atomic E-state index is 0.291. The fourth-order valence-electron chi connectivity index (χ4n) is 0.512. The first kappa shape index (κ1) is 6.36. The predicted octanol–water partition coefficient (Wildman–Crippen LogP) is 1.22. The molecule has 1 aliphatic rings. The van der Waals surface area contributed by atoms with Gasteiger partial charge in [-0.15, -0.1) is 0 Å². The Morgan fingerprint density at radius 3 is 3.00 bits per heavy atom. The molecule has 0 N–H and O–H groups in total. The molecule has 48 valence electrons. The van der Waals surface area contributed by atoms with Crippen molar-refractivity contribution in [1.29, 1.82) is 0 Å². The lowest BCUT2D eigenvalue weighted by atomic mass is 10.2.